The normalized spacial score (nSPS) is 11.0. The molecule has 0 aliphatic carbocycles. The zero-order valence-corrected chi connectivity index (χ0v) is 10.6. The predicted octanol–water partition coefficient (Wildman–Crippen LogP) is 4.34. The van der Waals surface area contributed by atoms with Crippen LogP contribution >= 0.6 is 0 Å². The van der Waals surface area contributed by atoms with Crippen LogP contribution in [-0.2, 0) is 0 Å². The third kappa shape index (κ3) is 2.65. The fourth-order valence-corrected chi connectivity index (χ4v) is 1.67. The smallest absolute Gasteiger partial charge is 0.171 e. The Hall–Kier alpha value is -2.63. The number of aliphatic imine (C=N–C) groups is 1. The fourth-order valence-electron chi connectivity index (χ4n) is 1.67. The number of halogens is 4. The van der Waals surface area contributed by atoms with Gasteiger partial charge in [-0.15, -0.1) is 0 Å². The van der Waals surface area contributed by atoms with Gasteiger partial charge in [0.25, 0.3) is 0 Å². The van der Waals surface area contributed by atoms with Gasteiger partial charge in [0.2, 0.25) is 0 Å². The van der Waals surface area contributed by atoms with Crippen LogP contribution in [0.2, 0.25) is 0 Å². The number of para-hydroxylation sites is 2. The van der Waals surface area contributed by atoms with Crippen molar-refractivity contribution in [3.8, 4) is 5.75 Å². The van der Waals surface area contributed by atoms with Gasteiger partial charge in [-0.1, -0.05) is 24.8 Å². The van der Waals surface area contributed by atoms with Crippen LogP contribution in [0.3, 0.4) is 0 Å². The Bertz CT molecular complexity index is 712. The average Bonchev–Trinajstić information content (AvgIpc) is 2.47. The van der Waals surface area contributed by atoms with Crippen LogP contribution in [0, 0.1) is 23.3 Å². The first-order chi connectivity index (χ1) is 9.97. The molecule has 0 saturated heterocycles. The van der Waals surface area contributed by atoms with Crippen LogP contribution in [0.25, 0.3) is 6.08 Å². The number of rotatable bonds is 3. The lowest BCUT2D eigenvalue weighted by Gasteiger charge is -2.06. The molecule has 0 aromatic heterocycles. The molecule has 0 amide bonds. The second-order valence-corrected chi connectivity index (χ2v) is 4.03. The molecule has 0 unspecified atom stereocenters. The molecule has 6 heteroatoms. The van der Waals surface area contributed by atoms with Gasteiger partial charge in [-0.2, -0.15) is 0 Å². The Labute approximate surface area is 117 Å². The van der Waals surface area contributed by atoms with Crippen LogP contribution in [0.1, 0.15) is 11.1 Å². The predicted molar refractivity (Wildman–Crippen MR) is 71.7 cm³/mol. The van der Waals surface area contributed by atoms with E-state index >= 15 is 0 Å². The van der Waals surface area contributed by atoms with E-state index in [0.717, 1.165) is 0 Å². The van der Waals surface area contributed by atoms with E-state index in [0.29, 0.717) is 12.3 Å². The molecular weight excluding hydrogens is 286 g/mol. The van der Waals surface area contributed by atoms with Gasteiger partial charge in [-0.05, 0) is 12.1 Å². The number of phenolic OH excluding ortho intramolecular Hbond substituents is 1. The SMILES string of the molecule is C=Cc1c(F)c(F)c(C=Nc2ccccc2O)c(F)c1F. The molecule has 0 aliphatic heterocycles. The summed E-state index contributed by atoms with van der Waals surface area (Å²) >= 11 is 0. The van der Waals surface area contributed by atoms with E-state index in [1.54, 1.807) is 0 Å². The Morgan fingerprint density at radius 2 is 1.43 bits per heavy atom. The van der Waals surface area contributed by atoms with Crippen molar-refractivity contribution in [2.75, 3.05) is 0 Å². The van der Waals surface area contributed by atoms with Crippen molar-refractivity contribution in [3.05, 3.63) is 65.2 Å². The lowest BCUT2D eigenvalue weighted by Crippen LogP contribution is -2.05. The number of nitrogens with zero attached hydrogens (tertiary/aromatic N) is 1. The summed E-state index contributed by atoms with van der Waals surface area (Å²) in [7, 11) is 0. The maximum Gasteiger partial charge on any atom is 0.171 e. The number of aromatic hydroxyl groups is 1. The molecule has 2 nitrogen and oxygen atoms in total. The molecule has 0 heterocycles. The lowest BCUT2D eigenvalue weighted by atomic mass is 10.1. The molecule has 0 spiro atoms. The molecule has 21 heavy (non-hydrogen) atoms. The third-order valence-electron chi connectivity index (χ3n) is 2.75. The van der Waals surface area contributed by atoms with Crippen LogP contribution < -0.4 is 0 Å². The monoisotopic (exact) mass is 295 g/mol. The van der Waals surface area contributed by atoms with E-state index < -0.39 is 34.4 Å². The second-order valence-electron chi connectivity index (χ2n) is 4.03. The number of benzene rings is 2. The van der Waals surface area contributed by atoms with Gasteiger partial charge in [-0.25, -0.2) is 17.6 Å². The second kappa shape index (κ2) is 5.78. The Balaban J connectivity index is 2.56. The fraction of sp³-hybridized carbons (Fsp3) is 0. The maximum absolute atomic E-state index is 13.7. The summed E-state index contributed by atoms with van der Waals surface area (Å²) in [5.41, 5.74) is -1.85. The molecule has 2 aromatic rings. The molecule has 0 aliphatic rings. The number of hydrogen-bond donors (Lipinski definition) is 1. The Kier molecular flexibility index (Phi) is 4.07. The van der Waals surface area contributed by atoms with Crippen molar-refractivity contribution >= 4 is 18.0 Å². The Morgan fingerprint density at radius 1 is 0.905 bits per heavy atom. The van der Waals surface area contributed by atoms with Gasteiger partial charge in [-0.3, -0.25) is 4.99 Å². The lowest BCUT2D eigenvalue weighted by molar-refractivity contribution is 0.449. The molecule has 0 saturated carbocycles. The third-order valence-corrected chi connectivity index (χ3v) is 2.75. The summed E-state index contributed by atoms with van der Waals surface area (Å²) in [6.45, 7) is 3.09. The zero-order valence-electron chi connectivity index (χ0n) is 10.6. The summed E-state index contributed by atoms with van der Waals surface area (Å²) in [6.07, 6.45) is 1.29. The van der Waals surface area contributed by atoms with Crippen molar-refractivity contribution in [1.82, 2.24) is 0 Å². The molecule has 1 N–H and O–H groups in total. The first-order valence-corrected chi connectivity index (χ1v) is 5.77. The highest BCUT2D eigenvalue weighted by Crippen LogP contribution is 2.27. The highest BCUT2D eigenvalue weighted by atomic mass is 19.2. The maximum atomic E-state index is 13.7. The minimum atomic E-state index is -1.58. The minimum absolute atomic E-state index is 0.00455. The van der Waals surface area contributed by atoms with Gasteiger partial charge < -0.3 is 5.11 Å². The van der Waals surface area contributed by atoms with Gasteiger partial charge >= 0.3 is 0 Å². The summed E-state index contributed by atoms with van der Waals surface area (Å²) in [4.78, 5) is 3.62. The van der Waals surface area contributed by atoms with Crippen molar-refractivity contribution < 1.29 is 22.7 Å². The molecule has 2 rings (SSSR count). The van der Waals surface area contributed by atoms with Crippen molar-refractivity contribution in [2.24, 2.45) is 4.99 Å². The standard InChI is InChI=1S/C15H9F4NO/c1-2-8-12(16)14(18)9(15(19)13(8)17)7-20-10-5-3-4-6-11(10)21/h2-7,21H,1H2. The van der Waals surface area contributed by atoms with Gasteiger partial charge in [0.15, 0.2) is 23.3 Å². The van der Waals surface area contributed by atoms with E-state index in [1.807, 2.05) is 0 Å². The summed E-state index contributed by atoms with van der Waals surface area (Å²) in [6, 6.07) is 5.72. The van der Waals surface area contributed by atoms with Crippen LogP contribution in [-0.4, -0.2) is 11.3 Å². The molecule has 0 fully saturated rings. The average molecular weight is 295 g/mol. The summed E-state index contributed by atoms with van der Waals surface area (Å²) < 4.78 is 54.5. The molecule has 2 aromatic carbocycles. The molecule has 0 atom stereocenters. The Morgan fingerprint density at radius 3 is 1.95 bits per heavy atom. The highest BCUT2D eigenvalue weighted by Gasteiger charge is 2.22. The van der Waals surface area contributed by atoms with E-state index in [4.69, 9.17) is 0 Å². The molecule has 0 bridgehead atoms. The number of hydrogen-bond acceptors (Lipinski definition) is 2. The van der Waals surface area contributed by atoms with Crippen molar-refractivity contribution in [3.63, 3.8) is 0 Å². The largest absolute Gasteiger partial charge is 0.506 e. The molecule has 108 valence electrons. The topological polar surface area (TPSA) is 32.6 Å². The minimum Gasteiger partial charge on any atom is -0.506 e. The molecular formula is C15H9F4NO. The van der Waals surface area contributed by atoms with Crippen molar-refractivity contribution in [1.29, 1.82) is 0 Å². The van der Waals surface area contributed by atoms with Gasteiger partial charge in [0, 0.05) is 6.21 Å². The first-order valence-electron chi connectivity index (χ1n) is 5.77. The number of phenols is 1. The quantitative estimate of drug-likeness (QED) is 0.510. The molecule has 0 radical (unpaired) electrons. The first kappa shape index (κ1) is 14.8. The van der Waals surface area contributed by atoms with Gasteiger partial charge in [0.1, 0.15) is 11.4 Å². The van der Waals surface area contributed by atoms with Gasteiger partial charge in [0.05, 0.1) is 11.1 Å². The summed E-state index contributed by atoms with van der Waals surface area (Å²) in [5, 5.41) is 9.46. The summed E-state index contributed by atoms with van der Waals surface area (Å²) in [5.74, 6) is -6.51. The van der Waals surface area contributed by atoms with Crippen LogP contribution in [0.15, 0.2) is 35.8 Å². The van der Waals surface area contributed by atoms with E-state index in [-0.39, 0.29) is 11.4 Å². The zero-order chi connectivity index (χ0) is 15.6. The van der Waals surface area contributed by atoms with E-state index in [2.05, 4.69) is 11.6 Å². The van der Waals surface area contributed by atoms with Crippen LogP contribution in [0.5, 0.6) is 5.75 Å². The van der Waals surface area contributed by atoms with E-state index in [9.17, 15) is 22.7 Å². The van der Waals surface area contributed by atoms with Crippen molar-refractivity contribution in [2.45, 2.75) is 0 Å². The highest BCUT2D eigenvalue weighted by molar-refractivity contribution is 5.84. The van der Waals surface area contributed by atoms with Crippen LogP contribution in [0.4, 0.5) is 23.2 Å². The van der Waals surface area contributed by atoms with E-state index in [1.165, 1.54) is 24.3 Å².